The van der Waals surface area contributed by atoms with Gasteiger partial charge in [-0.3, -0.25) is 9.79 Å². The summed E-state index contributed by atoms with van der Waals surface area (Å²) in [6.07, 6.45) is 2.06. The number of amides is 1. The summed E-state index contributed by atoms with van der Waals surface area (Å²) in [5, 5.41) is 9.32. The number of ether oxygens (including phenoxy) is 1. The fourth-order valence-electron chi connectivity index (χ4n) is 2.11. The number of hydrogen-bond acceptors (Lipinski definition) is 3. The highest BCUT2D eigenvalue weighted by molar-refractivity contribution is 5.81. The Labute approximate surface area is 131 Å². The standard InChI is InChI=1S/C16H24N4O2/c1-17-16(19-10-9-18-15(21)12-7-8-12)20-11-13-5-3-4-6-14(13)22-2/h3-6,12H,7-11H2,1-2H3,(H,18,21)(H2,17,19,20). The number of nitrogens with one attached hydrogen (secondary N) is 3. The first-order chi connectivity index (χ1) is 10.7. The van der Waals surface area contributed by atoms with E-state index in [0.29, 0.717) is 25.6 Å². The molecule has 120 valence electrons. The molecule has 6 heteroatoms. The number of para-hydroxylation sites is 1. The van der Waals surface area contributed by atoms with E-state index in [1.54, 1.807) is 14.2 Å². The van der Waals surface area contributed by atoms with E-state index in [1.165, 1.54) is 0 Å². The maximum absolute atomic E-state index is 11.5. The first kappa shape index (κ1) is 16.1. The molecule has 1 saturated carbocycles. The zero-order valence-electron chi connectivity index (χ0n) is 13.2. The number of rotatable bonds is 7. The van der Waals surface area contributed by atoms with Crippen molar-refractivity contribution in [3.05, 3.63) is 29.8 Å². The average molecular weight is 304 g/mol. The summed E-state index contributed by atoms with van der Waals surface area (Å²) in [5.41, 5.74) is 1.06. The van der Waals surface area contributed by atoms with E-state index in [-0.39, 0.29) is 11.8 Å². The van der Waals surface area contributed by atoms with Crippen LogP contribution in [0.2, 0.25) is 0 Å². The van der Waals surface area contributed by atoms with Gasteiger partial charge in [0.15, 0.2) is 5.96 Å². The number of carbonyl (C=O) groups is 1. The van der Waals surface area contributed by atoms with Crippen molar-refractivity contribution in [3.8, 4) is 5.75 Å². The van der Waals surface area contributed by atoms with Gasteiger partial charge in [0, 0.05) is 38.2 Å². The molecule has 0 aromatic heterocycles. The lowest BCUT2D eigenvalue weighted by Crippen LogP contribution is -2.41. The highest BCUT2D eigenvalue weighted by Crippen LogP contribution is 2.28. The highest BCUT2D eigenvalue weighted by Gasteiger charge is 2.28. The second-order valence-electron chi connectivity index (χ2n) is 5.23. The lowest BCUT2D eigenvalue weighted by Gasteiger charge is -2.14. The van der Waals surface area contributed by atoms with Crippen LogP contribution in [-0.2, 0) is 11.3 Å². The minimum absolute atomic E-state index is 0.166. The van der Waals surface area contributed by atoms with Gasteiger partial charge in [-0.25, -0.2) is 0 Å². The van der Waals surface area contributed by atoms with Crippen LogP contribution >= 0.6 is 0 Å². The Morgan fingerprint density at radius 3 is 2.64 bits per heavy atom. The second kappa shape index (κ2) is 8.26. The fourth-order valence-corrected chi connectivity index (χ4v) is 2.11. The Bertz CT molecular complexity index is 527. The normalized spacial score (nSPS) is 14.4. The van der Waals surface area contributed by atoms with E-state index in [1.807, 2.05) is 24.3 Å². The molecule has 1 aromatic rings. The smallest absolute Gasteiger partial charge is 0.223 e. The van der Waals surface area contributed by atoms with Crippen molar-refractivity contribution in [2.75, 3.05) is 27.2 Å². The van der Waals surface area contributed by atoms with Crippen LogP contribution in [-0.4, -0.2) is 39.1 Å². The predicted octanol–water partition coefficient (Wildman–Crippen LogP) is 0.886. The molecule has 1 aliphatic carbocycles. The summed E-state index contributed by atoms with van der Waals surface area (Å²) in [6, 6.07) is 7.86. The Morgan fingerprint density at radius 2 is 1.95 bits per heavy atom. The molecule has 1 fully saturated rings. The summed E-state index contributed by atoms with van der Waals surface area (Å²) in [5.74, 6) is 1.97. The van der Waals surface area contributed by atoms with E-state index in [4.69, 9.17) is 4.74 Å². The minimum atomic E-state index is 0.166. The molecular weight excluding hydrogens is 280 g/mol. The number of benzene rings is 1. The molecule has 2 rings (SSSR count). The van der Waals surface area contributed by atoms with Gasteiger partial charge in [-0.2, -0.15) is 0 Å². The third-order valence-corrected chi connectivity index (χ3v) is 3.53. The molecule has 0 radical (unpaired) electrons. The second-order valence-corrected chi connectivity index (χ2v) is 5.23. The summed E-state index contributed by atoms with van der Waals surface area (Å²) < 4.78 is 5.32. The summed E-state index contributed by atoms with van der Waals surface area (Å²) in [6.45, 7) is 1.87. The lowest BCUT2D eigenvalue weighted by atomic mass is 10.2. The quantitative estimate of drug-likeness (QED) is 0.397. The summed E-state index contributed by atoms with van der Waals surface area (Å²) in [4.78, 5) is 15.7. The van der Waals surface area contributed by atoms with Gasteiger partial charge in [-0.05, 0) is 18.9 Å². The van der Waals surface area contributed by atoms with Crippen molar-refractivity contribution in [1.82, 2.24) is 16.0 Å². The molecule has 0 aliphatic heterocycles. The lowest BCUT2D eigenvalue weighted by molar-refractivity contribution is -0.122. The molecular formula is C16H24N4O2. The van der Waals surface area contributed by atoms with E-state index < -0.39 is 0 Å². The van der Waals surface area contributed by atoms with Gasteiger partial charge in [0.1, 0.15) is 5.75 Å². The first-order valence-corrected chi connectivity index (χ1v) is 7.58. The van der Waals surface area contributed by atoms with Gasteiger partial charge in [0.05, 0.1) is 7.11 Å². The molecule has 0 atom stereocenters. The molecule has 0 saturated heterocycles. The molecule has 0 bridgehead atoms. The van der Waals surface area contributed by atoms with Crippen LogP contribution in [0.3, 0.4) is 0 Å². The third kappa shape index (κ3) is 4.95. The van der Waals surface area contributed by atoms with Gasteiger partial charge in [-0.15, -0.1) is 0 Å². The van der Waals surface area contributed by atoms with Crippen LogP contribution in [0.15, 0.2) is 29.3 Å². The summed E-state index contributed by atoms with van der Waals surface area (Å²) in [7, 11) is 3.38. The van der Waals surface area contributed by atoms with Gasteiger partial charge in [0.2, 0.25) is 5.91 Å². The van der Waals surface area contributed by atoms with Crippen LogP contribution < -0.4 is 20.7 Å². The van der Waals surface area contributed by atoms with Gasteiger partial charge >= 0.3 is 0 Å². The molecule has 1 aromatic carbocycles. The molecule has 1 aliphatic rings. The third-order valence-electron chi connectivity index (χ3n) is 3.53. The van der Waals surface area contributed by atoms with Crippen molar-refractivity contribution in [1.29, 1.82) is 0 Å². The average Bonchev–Trinajstić information content (AvgIpc) is 3.39. The highest BCUT2D eigenvalue weighted by atomic mass is 16.5. The van der Waals surface area contributed by atoms with Crippen molar-refractivity contribution >= 4 is 11.9 Å². The first-order valence-electron chi connectivity index (χ1n) is 7.58. The zero-order chi connectivity index (χ0) is 15.8. The van der Waals surface area contributed by atoms with Crippen molar-refractivity contribution < 1.29 is 9.53 Å². The van der Waals surface area contributed by atoms with Crippen molar-refractivity contribution in [3.63, 3.8) is 0 Å². The largest absolute Gasteiger partial charge is 0.496 e. The minimum Gasteiger partial charge on any atom is -0.496 e. The molecule has 3 N–H and O–H groups in total. The van der Waals surface area contributed by atoms with Crippen molar-refractivity contribution in [2.45, 2.75) is 19.4 Å². The monoisotopic (exact) mass is 304 g/mol. The van der Waals surface area contributed by atoms with E-state index in [9.17, 15) is 4.79 Å². The molecule has 0 unspecified atom stereocenters. The number of hydrogen-bond donors (Lipinski definition) is 3. The molecule has 6 nitrogen and oxygen atoms in total. The molecule has 0 spiro atoms. The number of carbonyl (C=O) groups excluding carboxylic acids is 1. The Morgan fingerprint density at radius 1 is 1.23 bits per heavy atom. The molecule has 1 amide bonds. The SMILES string of the molecule is CN=C(NCCNC(=O)C1CC1)NCc1ccccc1OC. The van der Waals surface area contributed by atoms with Crippen LogP contribution in [0.5, 0.6) is 5.75 Å². The molecule has 22 heavy (non-hydrogen) atoms. The van der Waals surface area contributed by atoms with E-state index in [0.717, 1.165) is 24.2 Å². The van der Waals surface area contributed by atoms with Crippen LogP contribution in [0.25, 0.3) is 0 Å². The maximum Gasteiger partial charge on any atom is 0.223 e. The van der Waals surface area contributed by atoms with E-state index >= 15 is 0 Å². The topological polar surface area (TPSA) is 74.8 Å². The number of methoxy groups -OCH3 is 1. The number of aliphatic imine (C=N–C) groups is 1. The van der Waals surface area contributed by atoms with Gasteiger partial charge in [-0.1, -0.05) is 18.2 Å². The van der Waals surface area contributed by atoms with Gasteiger partial charge < -0.3 is 20.7 Å². The van der Waals surface area contributed by atoms with E-state index in [2.05, 4.69) is 20.9 Å². The Kier molecular flexibility index (Phi) is 6.06. The van der Waals surface area contributed by atoms with Crippen molar-refractivity contribution in [2.24, 2.45) is 10.9 Å². The fraction of sp³-hybridized carbons (Fsp3) is 0.500. The number of nitrogens with zero attached hydrogens (tertiary/aromatic N) is 1. The zero-order valence-corrected chi connectivity index (χ0v) is 13.2. The van der Waals surface area contributed by atoms with Gasteiger partial charge in [0.25, 0.3) is 0 Å². The Hall–Kier alpha value is -2.24. The van der Waals surface area contributed by atoms with Crippen LogP contribution in [0.4, 0.5) is 0 Å². The molecule has 0 heterocycles. The number of guanidine groups is 1. The predicted molar refractivity (Wildman–Crippen MR) is 86.9 cm³/mol. The summed E-state index contributed by atoms with van der Waals surface area (Å²) >= 11 is 0. The van der Waals surface area contributed by atoms with Crippen LogP contribution in [0, 0.1) is 5.92 Å². The maximum atomic E-state index is 11.5. The Balaban J connectivity index is 1.69. The van der Waals surface area contributed by atoms with Crippen LogP contribution in [0.1, 0.15) is 18.4 Å².